The Kier molecular flexibility index (Phi) is 5.71. The van der Waals surface area contributed by atoms with Gasteiger partial charge < -0.3 is 5.32 Å². The fraction of sp³-hybridized carbons (Fsp3) is 0.235. The van der Waals surface area contributed by atoms with Crippen LogP contribution < -0.4 is 5.32 Å². The summed E-state index contributed by atoms with van der Waals surface area (Å²) in [6.45, 7) is 3.82. The maximum Gasteiger partial charge on any atom is 0.237 e. The Morgan fingerprint density at radius 2 is 1.90 bits per heavy atom. The van der Waals surface area contributed by atoms with Gasteiger partial charge in [-0.05, 0) is 37.1 Å². The average Bonchev–Trinajstić information content (AvgIpc) is 2.50. The normalized spacial score (nSPS) is 12.0. The van der Waals surface area contributed by atoms with Crippen molar-refractivity contribution in [3.05, 3.63) is 64.7 Å². The van der Waals surface area contributed by atoms with Crippen LogP contribution in [0.15, 0.2) is 48.5 Å². The lowest BCUT2D eigenvalue weighted by Gasteiger charge is -2.14. The van der Waals surface area contributed by atoms with Crippen LogP contribution in [0.3, 0.4) is 0 Å². The van der Waals surface area contributed by atoms with Crippen LogP contribution in [0, 0.1) is 6.92 Å². The number of halogens is 1. The van der Waals surface area contributed by atoms with E-state index in [1.807, 2.05) is 50.2 Å². The van der Waals surface area contributed by atoms with Gasteiger partial charge >= 0.3 is 0 Å². The van der Waals surface area contributed by atoms with Crippen molar-refractivity contribution in [3.63, 3.8) is 0 Å². The van der Waals surface area contributed by atoms with Crippen molar-refractivity contribution in [2.24, 2.45) is 0 Å². The van der Waals surface area contributed by atoms with Crippen LogP contribution in [-0.2, 0) is 10.5 Å². The van der Waals surface area contributed by atoms with Crippen LogP contribution in [0.2, 0.25) is 5.02 Å². The molecule has 0 saturated carbocycles. The summed E-state index contributed by atoms with van der Waals surface area (Å²) < 4.78 is 0. The summed E-state index contributed by atoms with van der Waals surface area (Å²) in [6.07, 6.45) is 0. The van der Waals surface area contributed by atoms with E-state index in [1.165, 1.54) is 5.56 Å². The van der Waals surface area contributed by atoms with Gasteiger partial charge in [0.05, 0.1) is 5.25 Å². The summed E-state index contributed by atoms with van der Waals surface area (Å²) in [4.78, 5) is 12.2. The van der Waals surface area contributed by atoms with Gasteiger partial charge in [-0.15, -0.1) is 11.8 Å². The van der Waals surface area contributed by atoms with Gasteiger partial charge in [0.2, 0.25) is 5.91 Å². The van der Waals surface area contributed by atoms with E-state index in [0.717, 1.165) is 17.0 Å². The molecular weight excluding hydrogens is 302 g/mol. The lowest BCUT2D eigenvalue weighted by Crippen LogP contribution is -2.23. The van der Waals surface area contributed by atoms with Gasteiger partial charge in [-0.1, -0.05) is 48.0 Å². The van der Waals surface area contributed by atoms with Crippen LogP contribution in [0.25, 0.3) is 0 Å². The Bertz CT molecular complexity index is 615. The van der Waals surface area contributed by atoms with Gasteiger partial charge in [-0.25, -0.2) is 0 Å². The van der Waals surface area contributed by atoms with E-state index in [0.29, 0.717) is 5.02 Å². The topological polar surface area (TPSA) is 29.1 Å². The molecule has 1 atom stereocenters. The van der Waals surface area contributed by atoms with Crippen molar-refractivity contribution >= 4 is 35.0 Å². The molecule has 2 aromatic carbocycles. The third kappa shape index (κ3) is 4.51. The lowest BCUT2D eigenvalue weighted by atomic mass is 10.2. The van der Waals surface area contributed by atoms with Crippen molar-refractivity contribution < 1.29 is 4.79 Å². The first-order chi connectivity index (χ1) is 10.1. The largest absolute Gasteiger partial charge is 0.325 e. The van der Waals surface area contributed by atoms with Crippen LogP contribution in [0.4, 0.5) is 5.69 Å². The number of hydrogen-bond acceptors (Lipinski definition) is 2. The van der Waals surface area contributed by atoms with Crippen LogP contribution >= 0.6 is 23.4 Å². The molecule has 21 heavy (non-hydrogen) atoms. The summed E-state index contributed by atoms with van der Waals surface area (Å²) in [7, 11) is 0. The molecule has 0 saturated heterocycles. The number of hydrogen-bond donors (Lipinski definition) is 1. The average molecular weight is 320 g/mol. The van der Waals surface area contributed by atoms with E-state index in [2.05, 4.69) is 17.4 Å². The van der Waals surface area contributed by atoms with E-state index in [-0.39, 0.29) is 11.2 Å². The van der Waals surface area contributed by atoms with Crippen LogP contribution in [-0.4, -0.2) is 11.2 Å². The zero-order valence-electron chi connectivity index (χ0n) is 12.1. The Hall–Kier alpha value is -1.45. The number of amides is 1. The van der Waals surface area contributed by atoms with Crippen molar-refractivity contribution in [3.8, 4) is 0 Å². The molecule has 0 aliphatic heterocycles. The number of nitrogens with one attached hydrogen (secondary N) is 1. The minimum atomic E-state index is -0.122. The van der Waals surface area contributed by atoms with E-state index in [9.17, 15) is 4.79 Å². The lowest BCUT2D eigenvalue weighted by molar-refractivity contribution is -0.115. The first-order valence-corrected chi connectivity index (χ1v) is 8.22. The predicted octanol–water partition coefficient (Wildman–Crippen LogP) is 4.91. The second-order valence-electron chi connectivity index (χ2n) is 4.84. The molecule has 0 fully saturated rings. The van der Waals surface area contributed by atoms with Gasteiger partial charge in [-0.3, -0.25) is 4.79 Å². The standard InChI is InChI=1S/C17H18ClNOS/c1-12-15(18)9-6-10-16(12)19-17(20)13(2)21-11-14-7-4-3-5-8-14/h3-10,13H,11H2,1-2H3,(H,19,20)/t13-/m0/s1. The molecule has 0 radical (unpaired) electrons. The molecular formula is C17H18ClNOS. The Labute approximate surface area is 134 Å². The van der Waals surface area contributed by atoms with Gasteiger partial charge in [0.1, 0.15) is 0 Å². The summed E-state index contributed by atoms with van der Waals surface area (Å²) in [5.41, 5.74) is 2.90. The van der Waals surface area contributed by atoms with Gasteiger partial charge in [-0.2, -0.15) is 0 Å². The predicted molar refractivity (Wildman–Crippen MR) is 92.0 cm³/mol. The summed E-state index contributed by atoms with van der Waals surface area (Å²) in [5.74, 6) is 0.825. The number of rotatable bonds is 5. The molecule has 0 aliphatic rings. The third-order valence-electron chi connectivity index (χ3n) is 3.24. The number of carbonyl (C=O) groups excluding carboxylic acids is 1. The monoisotopic (exact) mass is 319 g/mol. The Morgan fingerprint density at radius 1 is 1.19 bits per heavy atom. The van der Waals surface area contributed by atoms with Crippen molar-refractivity contribution in [2.45, 2.75) is 24.9 Å². The number of carbonyl (C=O) groups is 1. The molecule has 1 amide bonds. The molecule has 0 unspecified atom stereocenters. The molecule has 2 nitrogen and oxygen atoms in total. The first kappa shape index (κ1) is 15.9. The highest BCUT2D eigenvalue weighted by Gasteiger charge is 2.15. The second kappa shape index (κ2) is 7.53. The van der Waals surface area contributed by atoms with E-state index >= 15 is 0 Å². The summed E-state index contributed by atoms with van der Waals surface area (Å²) >= 11 is 7.68. The van der Waals surface area contributed by atoms with Crippen molar-refractivity contribution in [1.29, 1.82) is 0 Å². The van der Waals surface area contributed by atoms with Gasteiger partial charge in [0.15, 0.2) is 0 Å². The minimum Gasteiger partial charge on any atom is -0.325 e. The van der Waals surface area contributed by atoms with Crippen LogP contribution in [0.5, 0.6) is 0 Å². The molecule has 2 aromatic rings. The SMILES string of the molecule is Cc1c(Cl)cccc1NC(=O)[C@H](C)SCc1ccccc1. The smallest absolute Gasteiger partial charge is 0.237 e. The molecule has 0 aromatic heterocycles. The molecule has 0 spiro atoms. The Morgan fingerprint density at radius 3 is 2.62 bits per heavy atom. The minimum absolute atomic E-state index is 0.00120. The molecule has 0 heterocycles. The highest BCUT2D eigenvalue weighted by Crippen LogP contribution is 2.24. The molecule has 2 rings (SSSR count). The number of anilines is 1. The van der Waals surface area contributed by atoms with E-state index in [4.69, 9.17) is 11.6 Å². The van der Waals surface area contributed by atoms with Gasteiger partial charge in [0.25, 0.3) is 0 Å². The number of thioether (sulfide) groups is 1. The molecule has 110 valence electrons. The summed E-state index contributed by atoms with van der Waals surface area (Å²) in [5, 5.41) is 3.49. The quantitative estimate of drug-likeness (QED) is 0.848. The van der Waals surface area contributed by atoms with E-state index in [1.54, 1.807) is 11.8 Å². The highest BCUT2D eigenvalue weighted by molar-refractivity contribution is 7.99. The second-order valence-corrected chi connectivity index (χ2v) is 6.58. The van der Waals surface area contributed by atoms with Crippen molar-refractivity contribution in [2.75, 3.05) is 5.32 Å². The summed E-state index contributed by atoms with van der Waals surface area (Å²) in [6, 6.07) is 15.7. The van der Waals surface area contributed by atoms with Crippen molar-refractivity contribution in [1.82, 2.24) is 0 Å². The maximum absolute atomic E-state index is 12.2. The van der Waals surface area contributed by atoms with Crippen LogP contribution in [0.1, 0.15) is 18.1 Å². The fourth-order valence-electron chi connectivity index (χ4n) is 1.85. The number of benzene rings is 2. The molecule has 0 aliphatic carbocycles. The third-order valence-corrected chi connectivity index (χ3v) is 4.86. The molecule has 0 bridgehead atoms. The highest BCUT2D eigenvalue weighted by atomic mass is 35.5. The molecule has 4 heteroatoms. The molecule has 1 N–H and O–H groups in total. The Balaban J connectivity index is 1.92. The fourth-order valence-corrected chi connectivity index (χ4v) is 2.87. The van der Waals surface area contributed by atoms with E-state index < -0.39 is 0 Å². The zero-order valence-corrected chi connectivity index (χ0v) is 13.7. The zero-order chi connectivity index (χ0) is 15.2. The maximum atomic E-state index is 12.2. The first-order valence-electron chi connectivity index (χ1n) is 6.79. The van der Waals surface area contributed by atoms with Gasteiger partial charge in [0, 0.05) is 16.5 Å².